The predicted molar refractivity (Wildman–Crippen MR) is 117 cm³/mol. The van der Waals surface area contributed by atoms with Gasteiger partial charge < -0.3 is 9.47 Å². The number of amides is 1. The van der Waals surface area contributed by atoms with Gasteiger partial charge in [0.2, 0.25) is 0 Å². The number of halogens is 1. The topological polar surface area (TPSA) is 59.9 Å². The van der Waals surface area contributed by atoms with Crippen LogP contribution in [0, 0.1) is 6.92 Å². The van der Waals surface area contributed by atoms with Gasteiger partial charge in [0, 0.05) is 0 Å². The molecule has 5 nitrogen and oxygen atoms in total. The number of carbonyl (C=O) groups excluding carboxylic acids is 1. The zero-order valence-electron chi connectivity index (χ0n) is 16.0. The third-order valence-corrected chi connectivity index (χ3v) is 4.58. The van der Waals surface area contributed by atoms with E-state index in [9.17, 15) is 4.79 Å². The maximum atomic E-state index is 11.9. The molecule has 0 fully saturated rings. The SMILES string of the molecule is Cc1ccc(OCC(=O)NN=Cc2cccc(OCc3ccccc3)c2)c(Br)c1. The van der Waals surface area contributed by atoms with E-state index in [0.717, 1.165) is 26.9 Å². The number of nitrogens with zero attached hydrogens (tertiary/aromatic N) is 1. The predicted octanol–water partition coefficient (Wildman–Crippen LogP) is 4.87. The largest absolute Gasteiger partial charge is 0.489 e. The fraction of sp³-hybridized carbons (Fsp3) is 0.130. The minimum Gasteiger partial charge on any atom is -0.489 e. The van der Waals surface area contributed by atoms with Crippen molar-refractivity contribution in [3.05, 3.63) is 94.0 Å². The molecule has 0 radical (unpaired) electrons. The molecule has 0 aliphatic rings. The lowest BCUT2D eigenvalue weighted by molar-refractivity contribution is -0.123. The molecule has 148 valence electrons. The highest BCUT2D eigenvalue weighted by Crippen LogP contribution is 2.25. The molecule has 0 aliphatic carbocycles. The van der Waals surface area contributed by atoms with E-state index in [0.29, 0.717) is 12.4 Å². The molecule has 3 aromatic carbocycles. The van der Waals surface area contributed by atoms with Crippen LogP contribution in [0.4, 0.5) is 0 Å². The minimum absolute atomic E-state index is 0.126. The van der Waals surface area contributed by atoms with Crippen molar-refractivity contribution in [3.8, 4) is 11.5 Å². The van der Waals surface area contributed by atoms with Crippen LogP contribution < -0.4 is 14.9 Å². The molecule has 1 N–H and O–H groups in total. The van der Waals surface area contributed by atoms with Gasteiger partial charge in [-0.15, -0.1) is 0 Å². The van der Waals surface area contributed by atoms with Gasteiger partial charge in [-0.25, -0.2) is 5.43 Å². The third-order valence-electron chi connectivity index (χ3n) is 3.96. The number of rotatable bonds is 8. The normalized spacial score (nSPS) is 10.7. The smallest absolute Gasteiger partial charge is 0.277 e. The van der Waals surface area contributed by atoms with E-state index in [1.54, 1.807) is 6.21 Å². The summed E-state index contributed by atoms with van der Waals surface area (Å²) < 4.78 is 12.1. The highest BCUT2D eigenvalue weighted by Gasteiger charge is 2.05. The second-order valence-corrected chi connectivity index (χ2v) is 7.22. The average molecular weight is 453 g/mol. The Bertz CT molecular complexity index is 990. The van der Waals surface area contributed by atoms with Crippen molar-refractivity contribution in [3.63, 3.8) is 0 Å². The molecule has 0 atom stereocenters. The van der Waals surface area contributed by atoms with Gasteiger partial charge in [-0.3, -0.25) is 4.79 Å². The molecule has 0 bridgehead atoms. The van der Waals surface area contributed by atoms with E-state index < -0.39 is 0 Å². The summed E-state index contributed by atoms with van der Waals surface area (Å²) in [6.45, 7) is 2.35. The second-order valence-electron chi connectivity index (χ2n) is 6.36. The second kappa shape index (κ2) is 10.4. The Kier molecular flexibility index (Phi) is 7.41. The van der Waals surface area contributed by atoms with E-state index in [2.05, 4.69) is 26.5 Å². The van der Waals surface area contributed by atoms with Crippen LogP contribution in [0.1, 0.15) is 16.7 Å². The first-order valence-corrected chi connectivity index (χ1v) is 9.87. The van der Waals surface area contributed by atoms with Gasteiger partial charge in [0.05, 0.1) is 10.7 Å². The fourth-order valence-corrected chi connectivity index (χ4v) is 3.11. The van der Waals surface area contributed by atoms with Crippen LogP contribution >= 0.6 is 15.9 Å². The Morgan fingerprint density at radius 2 is 1.86 bits per heavy atom. The van der Waals surface area contributed by atoms with E-state index in [4.69, 9.17) is 9.47 Å². The molecule has 6 heteroatoms. The van der Waals surface area contributed by atoms with Crippen LogP contribution in [0.15, 0.2) is 82.4 Å². The molecule has 0 aliphatic heterocycles. The molecule has 3 rings (SSSR count). The first-order chi connectivity index (χ1) is 14.1. The lowest BCUT2D eigenvalue weighted by Gasteiger charge is -2.08. The van der Waals surface area contributed by atoms with Crippen molar-refractivity contribution in [2.24, 2.45) is 5.10 Å². The van der Waals surface area contributed by atoms with Gasteiger partial charge in [0.1, 0.15) is 18.1 Å². The average Bonchev–Trinajstić information content (AvgIpc) is 2.73. The van der Waals surface area contributed by atoms with Gasteiger partial charge in [0.15, 0.2) is 6.61 Å². The standard InChI is InChI=1S/C23H21BrN2O3/c1-17-10-11-22(21(24)12-17)29-16-23(27)26-25-14-19-8-5-9-20(13-19)28-15-18-6-3-2-4-7-18/h2-14H,15-16H2,1H3,(H,26,27). The number of hydrogen-bond donors (Lipinski definition) is 1. The van der Waals surface area contributed by atoms with Crippen molar-refractivity contribution < 1.29 is 14.3 Å². The maximum Gasteiger partial charge on any atom is 0.277 e. The Hall–Kier alpha value is -3.12. The van der Waals surface area contributed by atoms with Gasteiger partial charge >= 0.3 is 0 Å². The summed E-state index contributed by atoms with van der Waals surface area (Å²) in [5, 5.41) is 3.98. The number of benzene rings is 3. The van der Waals surface area contributed by atoms with Gasteiger partial charge in [-0.2, -0.15) is 5.10 Å². The maximum absolute atomic E-state index is 11.9. The van der Waals surface area contributed by atoms with Crippen LogP contribution in [0.5, 0.6) is 11.5 Å². The first-order valence-electron chi connectivity index (χ1n) is 9.08. The summed E-state index contributed by atoms with van der Waals surface area (Å²) in [5.41, 5.74) is 5.48. The highest BCUT2D eigenvalue weighted by molar-refractivity contribution is 9.10. The number of carbonyl (C=O) groups is 1. The van der Waals surface area contributed by atoms with Crippen molar-refractivity contribution in [2.45, 2.75) is 13.5 Å². The Labute approximate surface area is 178 Å². The molecule has 0 saturated carbocycles. The number of hydrazone groups is 1. The zero-order chi connectivity index (χ0) is 20.5. The van der Waals surface area contributed by atoms with E-state index in [1.807, 2.05) is 79.7 Å². The van der Waals surface area contributed by atoms with Gasteiger partial charge in [-0.05, 0) is 63.8 Å². The molecular weight excluding hydrogens is 432 g/mol. The van der Waals surface area contributed by atoms with Crippen LogP contribution in [0.2, 0.25) is 0 Å². The molecule has 0 heterocycles. The molecule has 0 aromatic heterocycles. The van der Waals surface area contributed by atoms with E-state index in [1.165, 1.54) is 0 Å². The number of aryl methyl sites for hydroxylation is 1. The summed E-state index contributed by atoms with van der Waals surface area (Å²) in [7, 11) is 0. The lowest BCUT2D eigenvalue weighted by Crippen LogP contribution is -2.24. The fourth-order valence-electron chi connectivity index (χ4n) is 2.50. The van der Waals surface area contributed by atoms with Crippen LogP contribution in [0.3, 0.4) is 0 Å². The van der Waals surface area contributed by atoms with E-state index in [-0.39, 0.29) is 12.5 Å². The van der Waals surface area contributed by atoms with Crippen molar-refractivity contribution >= 4 is 28.1 Å². The summed E-state index contributed by atoms with van der Waals surface area (Å²) in [6, 6.07) is 23.1. The number of hydrogen-bond acceptors (Lipinski definition) is 4. The lowest BCUT2D eigenvalue weighted by atomic mass is 10.2. The quantitative estimate of drug-likeness (QED) is 0.391. The molecule has 0 saturated heterocycles. The molecule has 1 amide bonds. The number of nitrogens with one attached hydrogen (secondary N) is 1. The van der Waals surface area contributed by atoms with Crippen molar-refractivity contribution in [2.75, 3.05) is 6.61 Å². The Balaban J connectivity index is 1.47. The minimum atomic E-state index is -0.342. The third kappa shape index (κ3) is 6.76. The molecular formula is C23H21BrN2O3. The van der Waals surface area contributed by atoms with Crippen LogP contribution in [-0.4, -0.2) is 18.7 Å². The Morgan fingerprint density at radius 1 is 1.03 bits per heavy atom. The van der Waals surface area contributed by atoms with Crippen molar-refractivity contribution in [1.29, 1.82) is 0 Å². The molecule has 29 heavy (non-hydrogen) atoms. The van der Waals surface area contributed by atoms with Crippen LogP contribution in [-0.2, 0) is 11.4 Å². The van der Waals surface area contributed by atoms with Gasteiger partial charge in [0.25, 0.3) is 5.91 Å². The monoisotopic (exact) mass is 452 g/mol. The summed E-state index contributed by atoms with van der Waals surface area (Å²) >= 11 is 3.42. The summed E-state index contributed by atoms with van der Waals surface area (Å²) in [5.74, 6) is 1.000. The number of ether oxygens (including phenoxy) is 2. The Morgan fingerprint density at radius 3 is 2.66 bits per heavy atom. The van der Waals surface area contributed by atoms with Crippen LogP contribution in [0.25, 0.3) is 0 Å². The summed E-state index contributed by atoms with van der Waals surface area (Å²) in [6.07, 6.45) is 1.56. The summed E-state index contributed by atoms with van der Waals surface area (Å²) in [4.78, 5) is 11.9. The van der Waals surface area contributed by atoms with E-state index >= 15 is 0 Å². The van der Waals surface area contributed by atoms with Crippen molar-refractivity contribution in [1.82, 2.24) is 5.43 Å². The molecule has 0 unspecified atom stereocenters. The first kappa shape index (κ1) is 20.6. The molecule has 0 spiro atoms. The molecule has 3 aromatic rings. The zero-order valence-corrected chi connectivity index (χ0v) is 17.6. The van der Waals surface area contributed by atoms with Gasteiger partial charge in [-0.1, -0.05) is 48.5 Å². The highest BCUT2D eigenvalue weighted by atomic mass is 79.9.